The van der Waals surface area contributed by atoms with Crippen molar-refractivity contribution in [3.05, 3.63) is 73.1 Å². The van der Waals surface area contributed by atoms with Gasteiger partial charge in [0.1, 0.15) is 12.2 Å². The zero-order valence-electron chi connectivity index (χ0n) is 12.5. The molecule has 0 spiro atoms. The SMILES string of the molecule is CC[n+]1ccc2ccccc2c1-c1nccc2ccccc12. The molecule has 0 saturated heterocycles. The van der Waals surface area contributed by atoms with E-state index in [-0.39, 0.29) is 0 Å². The molecule has 0 N–H and O–H groups in total. The van der Waals surface area contributed by atoms with Crippen molar-refractivity contribution in [1.82, 2.24) is 4.98 Å². The van der Waals surface area contributed by atoms with Gasteiger partial charge in [0.2, 0.25) is 5.69 Å². The maximum Gasteiger partial charge on any atom is 0.239 e. The first-order valence-corrected chi connectivity index (χ1v) is 7.64. The van der Waals surface area contributed by atoms with Crippen LogP contribution in [0.1, 0.15) is 6.92 Å². The molecule has 0 aliphatic rings. The van der Waals surface area contributed by atoms with E-state index in [1.54, 1.807) is 0 Å². The number of hydrogen-bond donors (Lipinski definition) is 0. The summed E-state index contributed by atoms with van der Waals surface area (Å²) in [4.78, 5) is 4.72. The first-order valence-electron chi connectivity index (χ1n) is 7.64. The van der Waals surface area contributed by atoms with E-state index in [2.05, 4.69) is 78.4 Å². The maximum atomic E-state index is 4.72. The number of benzene rings is 2. The Kier molecular flexibility index (Phi) is 3.08. The molecule has 106 valence electrons. The molecule has 0 amide bonds. The Bertz CT molecular complexity index is 968. The van der Waals surface area contributed by atoms with Crippen LogP contribution in [0.3, 0.4) is 0 Å². The van der Waals surface area contributed by atoms with Crippen LogP contribution in [0.2, 0.25) is 0 Å². The first kappa shape index (κ1) is 13.0. The molecular formula is C20H17N2+. The van der Waals surface area contributed by atoms with Crippen LogP contribution in [0, 0.1) is 0 Å². The van der Waals surface area contributed by atoms with Gasteiger partial charge in [-0.05, 0) is 29.8 Å². The predicted molar refractivity (Wildman–Crippen MR) is 90.6 cm³/mol. The van der Waals surface area contributed by atoms with E-state index in [1.165, 1.54) is 27.2 Å². The maximum absolute atomic E-state index is 4.72. The Morgan fingerprint density at radius 3 is 2.27 bits per heavy atom. The molecule has 0 radical (unpaired) electrons. The van der Waals surface area contributed by atoms with Crippen LogP contribution < -0.4 is 4.57 Å². The lowest BCUT2D eigenvalue weighted by molar-refractivity contribution is -0.681. The van der Waals surface area contributed by atoms with E-state index >= 15 is 0 Å². The lowest BCUT2D eigenvalue weighted by Gasteiger charge is -2.08. The Labute approximate surface area is 129 Å². The fourth-order valence-corrected chi connectivity index (χ4v) is 3.09. The fraction of sp³-hybridized carbons (Fsp3) is 0.100. The standard InChI is InChI=1S/C20H17N2/c1-2-22-14-12-16-8-4-6-10-18(16)20(22)19-17-9-5-3-7-15(17)11-13-21-19/h3-14H,2H2,1H3/q+1. The van der Waals surface area contributed by atoms with Crippen LogP contribution in [0.5, 0.6) is 0 Å². The Morgan fingerprint density at radius 1 is 0.818 bits per heavy atom. The van der Waals surface area contributed by atoms with Gasteiger partial charge in [-0.2, -0.15) is 4.57 Å². The molecule has 0 unspecified atom stereocenters. The molecule has 0 bridgehead atoms. The lowest BCUT2D eigenvalue weighted by Crippen LogP contribution is -2.35. The summed E-state index contributed by atoms with van der Waals surface area (Å²) in [7, 11) is 0. The number of rotatable bonds is 2. The smallest absolute Gasteiger partial charge is 0.239 e. The first-order chi connectivity index (χ1) is 10.9. The van der Waals surface area contributed by atoms with E-state index in [0.29, 0.717) is 0 Å². The van der Waals surface area contributed by atoms with Gasteiger partial charge in [-0.3, -0.25) is 0 Å². The number of aromatic nitrogens is 2. The molecule has 0 saturated carbocycles. The number of hydrogen-bond acceptors (Lipinski definition) is 1. The van der Waals surface area contributed by atoms with Crippen molar-refractivity contribution in [1.29, 1.82) is 0 Å². The molecule has 22 heavy (non-hydrogen) atoms. The third kappa shape index (κ3) is 1.96. The number of fused-ring (bicyclic) bond motifs is 2. The van der Waals surface area contributed by atoms with E-state index in [9.17, 15) is 0 Å². The van der Waals surface area contributed by atoms with E-state index < -0.39 is 0 Å². The molecule has 0 atom stereocenters. The second-order valence-electron chi connectivity index (χ2n) is 5.42. The highest BCUT2D eigenvalue weighted by Crippen LogP contribution is 2.29. The molecule has 0 aliphatic heterocycles. The van der Waals surface area contributed by atoms with Gasteiger partial charge < -0.3 is 0 Å². The van der Waals surface area contributed by atoms with Gasteiger partial charge in [-0.15, -0.1) is 0 Å². The predicted octanol–water partition coefficient (Wildman–Crippen LogP) is 4.36. The molecule has 2 nitrogen and oxygen atoms in total. The van der Waals surface area contributed by atoms with Gasteiger partial charge in [0.15, 0.2) is 6.20 Å². The average molecular weight is 285 g/mol. The van der Waals surface area contributed by atoms with Gasteiger partial charge in [-0.25, -0.2) is 4.98 Å². The molecule has 0 aliphatic carbocycles. The van der Waals surface area contributed by atoms with Crippen LogP contribution in [0.25, 0.3) is 32.9 Å². The average Bonchev–Trinajstić information content (AvgIpc) is 2.60. The summed E-state index contributed by atoms with van der Waals surface area (Å²) in [5.41, 5.74) is 2.24. The van der Waals surface area contributed by atoms with Crippen LogP contribution in [0.15, 0.2) is 73.1 Å². The van der Waals surface area contributed by atoms with Crippen molar-refractivity contribution < 1.29 is 4.57 Å². The van der Waals surface area contributed by atoms with Crippen molar-refractivity contribution in [2.24, 2.45) is 0 Å². The van der Waals surface area contributed by atoms with Crippen molar-refractivity contribution >= 4 is 21.5 Å². The molecule has 2 aromatic heterocycles. The summed E-state index contributed by atoms with van der Waals surface area (Å²) in [6, 6.07) is 21.2. The summed E-state index contributed by atoms with van der Waals surface area (Å²) in [6.45, 7) is 3.09. The van der Waals surface area contributed by atoms with E-state index in [4.69, 9.17) is 4.98 Å². The number of aryl methyl sites for hydroxylation is 1. The highest BCUT2D eigenvalue weighted by atomic mass is 15.0. The highest BCUT2D eigenvalue weighted by molar-refractivity contribution is 6.00. The zero-order chi connectivity index (χ0) is 14.9. The Morgan fingerprint density at radius 2 is 1.50 bits per heavy atom. The number of nitrogens with zero attached hydrogens (tertiary/aromatic N) is 2. The van der Waals surface area contributed by atoms with Gasteiger partial charge in [0.25, 0.3) is 0 Å². The van der Waals surface area contributed by atoms with Crippen molar-refractivity contribution in [2.45, 2.75) is 13.5 Å². The molecule has 2 aromatic carbocycles. The molecule has 4 rings (SSSR count). The second-order valence-corrected chi connectivity index (χ2v) is 5.42. The summed E-state index contributed by atoms with van der Waals surface area (Å²) >= 11 is 0. The third-order valence-electron chi connectivity index (χ3n) is 4.18. The fourth-order valence-electron chi connectivity index (χ4n) is 3.09. The minimum atomic E-state index is 0.922. The molecule has 2 heterocycles. The second kappa shape index (κ2) is 5.23. The van der Waals surface area contributed by atoms with Crippen LogP contribution in [0.4, 0.5) is 0 Å². The van der Waals surface area contributed by atoms with Crippen molar-refractivity contribution in [3.63, 3.8) is 0 Å². The van der Waals surface area contributed by atoms with Gasteiger partial charge in [0.05, 0.1) is 5.39 Å². The van der Waals surface area contributed by atoms with E-state index in [0.717, 1.165) is 12.2 Å². The van der Waals surface area contributed by atoms with Gasteiger partial charge >= 0.3 is 0 Å². The van der Waals surface area contributed by atoms with Crippen LogP contribution in [-0.4, -0.2) is 4.98 Å². The summed E-state index contributed by atoms with van der Waals surface area (Å²) in [6.07, 6.45) is 4.06. The van der Waals surface area contributed by atoms with Crippen LogP contribution >= 0.6 is 0 Å². The van der Waals surface area contributed by atoms with Gasteiger partial charge in [-0.1, -0.05) is 42.5 Å². The molecule has 4 aromatic rings. The van der Waals surface area contributed by atoms with E-state index in [1.807, 2.05) is 6.20 Å². The monoisotopic (exact) mass is 285 g/mol. The Hall–Kier alpha value is -2.74. The van der Waals surface area contributed by atoms with Gasteiger partial charge in [0, 0.05) is 17.6 Å². The molecular weight excluding hydrogens is 268 g/mol. The highest BCUT2D eigenvalue weighted by Gasteiger charge is 2.19. The summed E-state index contributed by atoms with van der Waals surface area (Å²) in [5.74, 6) is 0. The quantitative estimate of drug-likeness (QED) is 0.500. The molecule has 0 fully saturated rings. The topological polar surface area (TPSA) is 16.8 Å². The molecule has 2 heteroatoms. The normalized spacial score (nSPS) is 11.1. The third-order valence-corrected chi connectivity index (χ3v) is 4.18. The zero-order valence-corrected chi connectivity index (χ0v) is 12.5. The summed E-state index contributed by atoms with van der Waals surface area (Å²) < 4.78 is 2.27. The number of pyridine rings is 2. The van der Waals surface area contributed by atoms with Crippen LogP contribution in [-0.2, 0) is 6.54 Å². The largest absolute Gasteiger partial charge is 0.249 e. The minimum Gasteiger partial charge on any atom is -0.249 e. The Balaban J connectivity index is 2.16. The van der Waals surface area contributed by atoms with Crippen molar-refractivity contribution in [2.75, 3.05) is 0 Å². The summed E-state index contributed by atoms with van der Waals surface area (Å²) in [5, 5.41) is 4.92. The minimum absolute atomic E-state index is 0.922. The van der Waals surface area contributed by atoms with Crippen molar-refractivity contribution in [3.8, 4) is 11.4 Å². The lowest BCUT2D eigenvalue weighted by atomic mass is 10.0.